The lowest BCUT2D eigenvalue weighted by molar-refractivity contribution is 0.0609. The van der Waals surface area contributed by atoms with Gasteiger partial charge in [0, 0.05) is 19.3 Å². The molecule has 1 aliphatic carbocycles. The van der Waals surface area contributed by atoms with E-state index in [9.17, 15) is 9.59 Å². The summed E-state index contributed by atoms with van der Waals surface area (Å²) in [5, 5.41) is 9.16. The highest BCUT2D eigenvalue weighted by molar-refractivity contribution is 6.03. The molecule has 0 unspecified atom stereocenters. The molecule has 0 radical (unpaired) electrons. The van der Waals surface area contributed by atoms with Crippen molar-refractivity contribution in [3.63, 3.8) is 0 Å². The van der Waals surface area contributed by atoms with Gasteiger partial charge < -0.3 is 10.0 Å². The zero-order valence-electron chi connectivity index (χ0n) is 12.8. The van der Waals surface area contributed by atoms with E-state index in [0.29, 0.717) is 5.41 Å². The highest BCUT2D eigenvalue weighted by Crippen LogP contribution is 2.36. The molecule has 114 valence electrons. The van der Waals surface area contributed by atoms with Gasteiger partial charge in [0.1, 0.15) is 5.69 Å². The predicted octanol–water partition coefficient (Wildman–Crippen LogP) is 2.82. The maximum atomic E-state index is 12.5. The molecule has 5 nitrogen and oxygen atoms in total. The molecule has 1 N–H and O–H groups in total. The maximum Gasteiger partial charge on any atom is 0.338 e. The van der Waals surface area contributed by atoms with Gasteiger partial charge in [-0.05, 0) is 43.2 Å². The van der Waals surface area contributed by atoms with Crippen molar-refractivity contribution >= 4 is 11.9 Å². The summed E-state index contributed by atoms with van der Waals surface area (Å²) in [4.78, 5) is 29.4. The van der Waals surface area contributed by atoms with E-state index in [1.807, 2.05) is 0 Å². The number of amides is 1. The van der Waals surface area contributed by atoms with Crippen LogP contribution in [0.25, 0.3) is 0 Å². The number of carbonyl (C=O) groups excluding carboxylic acids is 1. The lowest BCUT2D eigenvalue weighted by Gasteiger charge is -2.38. The third-order valence-electron chi connectivity index (χ3n) is 4.42. The van der Waals surface area contributed by atoms with Crippen molar-refractivity contribution in [3.05, 3.63) is 29.6 Å². The second-order valence-corrected chi connectivity index (χ2v) is 6.52. The molecule has 1 fully saturated rings. The molecule has 0 bridgehead atoms. The molecule has 2 rings (SSSR count). The number of hydrogen-bond acceptors (Lipinski definition) is 3. The highest BCUT2D eigenvalue weighted by Gasteiger charge is 2.32. The SMILES string of the molecule is CN(C(=O)c1ncccc1C(=O)O)C1CCC(C)(C)CC1. The largest absolute Gasteiger partial charge is 0.478 e. The van der Waals surface area contributed by atoms with Crippen LogP contribution in [0, 0.1) is 5.41 Å². The Morgan fingerprint density at radius 3 is 2.52 bits per heavy atom. The van der Waals surface area contributed by atoms with Gasteiger partial charge in [0.2, 0.25) is 0 Å². The summed E-state index contributed by atoms with van der Waals surface area (Å²) < 4.78 is 0. The van der Waals surface area contributed by atoms with Gasteiger partial charge in [-0.15, -0.1) is 0 Å². The molecule has 0 aromatic carbocycles. The van der Waals surface area contributed by atoms with Gasteiger partial charge in [-0.25, -0.2) is 4.79 Å². The molecular weight excluding hydrogens is 268 g/mol. The number of carboxylic acid groups (broad SMARTS) is 1. The summed E-state index contributed by atoms with van der Waals surface area (Å²) in [7, 11) is 1.74. The first-order valence-corrected chi connectivity index (χ1v) is 7.27. The van der Waals surface area contributed by atoms with Crippen LogP contribution in [0.4, 0.5) is 0 Å². The third kappa shape index (κ3) is 3.40. The van der Waals surface area contributed by atoms with Crippen LogP contribution >= 0.6 is 0 Å². The van der Waals surface area contributed by atoms with Crippen molar-refractivity contribution in [2.75, 3.05) is 7.05 Å². The topological polar surface area (TPSA) is 70.5 Å². The van der Waals surface area contributed by atoms with Crippen LogP contribution in [-0.4, -0.2) is 40.0 Å². The molecule has 5 heteroatoms. The number of aromatic nitrogens is 1. The normalized spacial score (nSPS) is 18.2. The fourth-order valence-corrected chi connectivity index (χ4v) is 2.85. The maximum absolute atomic E-state index is 12.5. The van der Waals surface area contributed by atoms with Crippen LogP contribution in [0.2, 0.25) is 0 Å². The molecule has 1 saturated carbocycles. The van der Waals surface area contributed by atoms with E-state index in [4.69, 9.17) is 5.11 Å². The minimum Gasteiger partial charge on any atom is -0.478 e. The molecule has 0 saturated heterocycles. The van der Waals surface area contributed by atoms with Crippen LogP contribution in [0.15, 0.2) is 18.3 Å². The zero-order valence-corrected chi connectivity index (χ0v) is 12.8. The number of hydrogen-bond donors (Lipinski definition) is 1. The molecule has 1 heterocycles. The molecule has 1 amide bonds. The second-order valence-electron chi connectivity index (χ2n) is 6.52. The van der Waals surface area contributed by atoms with Gasteiger partial charge in [0.25, 0.3) is 5.91 Å². The Morgan fingerprint density at radius 2 is 1.95 bits per heavy atom. The Balaban J connectivity index is 2.15. The van der Waals surface area contributed by atoms with Gasteiger partial charge in [-0.2, -0.15) is 0 Å². The van der Waals surface area contributed by atoms with Crippen LogP contribution in [0.3, 0.4) is 0 Å². The fourth-order valence-electron chi connectivity index (χ4n) is 2.85. The molecule has 0 spiro atoms. The van der Waals surface area contributed by atoms with Crippen LogP contribution < -0.4 is 0 Å². The minimum absolute atomic E-state index is 0.0253. The average Bonchev–Trinajstić information content (AvgIpc) is 2.45. The van der Waals surface area contributed by atoms with E-state index in [-0.39, 0.29) is 23.2 Å². The van der Waals surface area contributed by atoms with E-state index in [0.717, 1.165) is 25.7 Å². The van der Waals surface area contributed by atoms with E-state index >= 15 is 0 Å². The van der Waals surface area contributed by atoms with Gasteiger partial charge >= 0.3 is 5.97 Å². The quantitative estimate of drug-likeness (QED) is 0.929. The van der Waals surface area contributed by atoms with Gasteiger partial charge in [-0.1, -0.05) is 13.8 Å². The van der Waals surface area contributed by atoms with Crippen molar-refractivity contribution in [2.45, 2.75) is 45.6 Å². The number of rotatable bonds is 3. The zero-order chi connectivity index (χ0) is 15.6. The van der Waals surface area contributed by atoms with E-state index in [2.05, 4.69) is 18.8 Å². The standard InChI is InChI=1S/C16H22N2O3/c1-16(2)8-6-11(7-9-16)18(3)14(19)13-12(15(20)21)5-4-10-17-13/h4-5,10-11H,6-9H2,1-3H3,(H,20,21). The average molecular weight is 290 g/mol. The van der Waals surface area contributed by atoms with Crippen LogP contribution in [-0.2, 0) is 0 Å². The number of carboxylic acids is 1. The Morgan fingerprint density at radius 1 is 1.33 bits per heavy atom. The molecule has 0 atom stereocenters. The smallest absolute Gasteiger partial charge is 0.338 e. The van der Waals surface area contributed by atoms with Crippen molar-refractivity contribution in [3.8, 4) is 0 Å². The van der Waals surface area contributed by atoms with Crippen molar-refractivity contribution in [1.82, 2.24) is 9.88 Å². The number of aromatic carboxylic acids is 1. The highest BCUT2D eigenvalue weighted by atomic mass is 16.4. The number of nitrogens with zero attached hydrogens (tertiary/aromatic N) is 2. The van der Waals surface area contributed by atoms with Gasteiger partial charge in [0.05, 0.1) is 5.56 Å². The summed E-state index contributed by atoms with van der Waals surface area (Å²) >= 11 is 0. The predicted molar refractivity (Wildman–Crippen MR) is 79.3 cm³/mol. The van der Waals surface area contributed by atoms with Crippen LogP contribution in [0.1, 0.15) is 60.4 Å². The Hall–Kier alpha value is -1.91. The summed E-state index contributed by atoms with van der Waals surface area (Å²) in [5.41, 5.74) is 0.320. The first-order valence-electron chi connectivity index (χ1n) is 7.27. The Bertz CT molecular complexity index is 544. The summed E-state index contributed by atoms with van der Waals surface area (Å²) in [6.07, 6.45) is 5.50. The van der Waals surface area contributed by atoms with E-state index in [1.54, 1.807) is 11.9 Å². The molecule has 1 aliphatic rings. The fraction of sp³-hybridized carbons (Fsp3) is 0.562. The first kappa shape index (κ1) is 15.5. The minimum atomic E-state index is -1.12. The van der Waals surface area contributed by atoms with E-state index < -0.39 is 5.97 Å². The van der Waals surface area contributed by atoms with Crippen LogP contribution in [0.5, 0.6) is 0 Å². The lowest BCUT2D eigenvalue weighted by Crippen LogP contribution is -2.41. The third-order valence-corrected chi connectivity index (χ3v) is 4.42. The number of pyridine rings is 1. The first-order chi connectivity index (χ1) is 9.82. The van der Waals surface area contributed by atoms with Crippen molar-refractivity contribution in [1.29, 1.82) is 0 Å². The summed E-state index contributed by atoms with van der Waals surface area (Å²) in [6.45, 7) is 4.48. The van der Waals surface area contributed by atoms with Gasteiger partial charge in [0.15, 0.2) is 0 Å². The Kier molecular flexibility index (Phi) is 4.30. The van der Waals surface area contributed by atoms with E-state index in [1.165, 1.54) is 18.3 Å². The number of carbonyl (C=O) groups is 2. The van der Waals surface area contributed by atoms with Gasteiger partial charge in [-0.3, -0.25) is 9.78 Å². The molecule has 0 aliphatic heterocycles. The monoisotopic (exact) mass is 290 g/mol. The molecular formula is C16H22N2O3. The Labute approximate surface area is 125 Å². The molecule has 1 aromatic heterocycles. The van der Waals surface area contributed by atoms with Crippen molar-refractivity contribution < 1.29 is 14.7 Å². The molecule has 1 aromatic rings. The second kappa shape index (κ2) is 5.84. The molecule has 21 heavy (non-hydrogen) atoms. The van der Waals surface area contributed by atoms with Crippen molar-refractivity contribution in [2.24, 2.45) is 5.41 Å². The lowest BCUT2D eigenvalue weighted by atomic mass is 9.75. The summed E-state index contributed by atoms with van der Waals surface area (Å²) in [5.74, 6) is -1.43. The summed E-state index contributed by atoms with van der Waals surface area (Å²) in [6, 6.07) is 3.11.